The first-order valence-corrected chi connectivity index (χ1v) is 8.55. The van der Waals surface area contributed by atoms with Crippen LogP contribution < -0.4 is 0 Å². The number of ketones is 2. The van der Waals surface area contributed by atoms with Crippen molar-refractivity contribution in [1.29, 1.82) is 0 Å². The summed E-state index contributed by atoms with van der Waals surface area (Å²) in [7, 11) is 0. The molecular formula is C19H24O3. The fraction of sp³-hybridized carbons (Fsp3) is 0.684. The summed E-state index contributed by atoms with van der Waals surface area (Å²) in [5, 5.41) is 10.4. The summed E-state index contributed by atoms with van der Waals surface area (Å²) in [6, 6.07) is 0. The molecule has 2 fully saturated rings. The van der Waals surface area contributed by atoms with Gasteiger partial charge < -0.3 is 5.11 Å². The lowest BCUT2D eigenvalue weighted by Crippen LogP contribution is -2.53. The Hall–Kier alpha value is -1.22. The van der Waals surface area contributed by atoms with Crippen LogP contribution in [-0.4, -0.2) is 22.8 Å². The first-order valence-electron chi connectivity index (χ1n) is 8.55. The predicted molar refractivity (Wildman–Crippen MR) is 83.1 cm³/mol. The van der Waals surface area contributed by atoms with E-state index in [0.29, 0.717) is 12.3 Å². The van der Waals surface area contributed by atoms with E-state index in [1.54, 1.807) is 6.08 Å². The Morgan fingerprint density at radius 1 is 1.09 bits per heavy atom. The van der Waals surface area contributed by atoms with Crippen molar-refractivity contribution < 1.29 is 14.7 Å². The zero-order valence-corrected chi connectivity index (χ0v) is 13.4. The van der Waals surface area contributed by atoms with Crippen molar-refractivity contribution in [1.82, 2.24) is 0 Å². The maximum atomic E-state index is 12.3. The number of hydrogen-bond donors (Lipinski definition) is 1. The molecule has 1 N–H and O–H groups in total. The highest BCUT2D eigenvalue weighted by atomic mass is 16.3. The molecule has 0 bridgehead atoms. The van der Waals surface area contributed by atoms with E-state index >= 15 is 0 Å². The molecule has 5 atom stereocenters. The molecule has 22 heavy (non-hydrogen) atoms. The first kappa shape index (κ1) is 14.4. The van der Waals surface area contributed by atoms with E-state index < -0.39 is 6.10 Å². The van der Waals surface area contributed by atoms with E-state index in [1.165, 1.54) is 11.1 Å². The number of aliphatic hydroxyl groups excluding tert-OH is 1. The van der Waals surface area contributed by atoms with Crippen molar-refractivity contribution in [3.05, 3.63) is 23.3 Å². The minimum Gasteiger partial charge on any atom is -0.385 e. The fourth-order valence-corrected chi connectivity index (χ4v) is 5.75. The molecule has 0 aromatic rings. The van der Waals surface area contributed by atoms with E-state index in [2.05, 4.69) is 13.8 Å². The van der Waals surface area contributed by atoms with Gasteiger partial charge in [0.1, 0.15) is 6.10 Å². The summed E-state index contributed by atoms with van der Waals surface area (Å²) in [6.45, 7) is 4.35. The van der Waals surface area contributed by atoms with Crippen LogP contribution in [0.5, 0.6) is 0 Å². The summed E-state index contributed by atoms with van der Waals surface area (Å²) >= 11 is 0. The van der Waals surface area contributed by atoms with Gasteiger partial charge in [-0.2, -0.15) is 0 Å². The number of allylic oxidation sites excluding steroid dienone is 4. The Morgan fingerprint density at radius 2 is 1.86 bits per heavy atom. The smallest absolute Gasteiger partial charge is 0.165 e. The number of Topliss-reactive ketones (excluding diaryl/α,β-unsaturated/α-hetero) is 1. The highest BCUT2D eigenvalue weighted by molar-refractivity contribution is 6.01. The lowest BCUT2D eigenvalue weighted by molar-refractivity contribution is -0.144. The van der Waals surface area contributed by atoms with Crippen molar-refractivity contribution in [2.45, 2.75) is 58.5 Å². The molecule has 4 aliphatic carbocycles. The van der Waals surface area contributed by atoms with Crippen LogP contribution in [0.15, 0.2) is 23.3 Å². The Kier molecular flexibility index (Phi) is 2.88. The molecule has 0 heterocycles. The molecule has 3 nitrogen and oxygen atoms in total. The topological polar surface area (TPSA) is 54.4 Å². The van der Waals surface area contributed by atoms with Gasteiger partial charge in [-0.05, 0) is 67.9 Å². The van der Waals surface area contributed by atoms with Gasteiger partial charge in [0.2, 0.25) is 0 Å². The molecule has 3 heteroatoms. The molecule has 0 amide bonds. The van der Waals surface area contributed by atoms with Crippen LogP contribution in [0.3, 0.4) is 0 Å². The van der Waals surface area contributed by atoms with Gasteiger partial charge in [0.25, 0.3) is 0 Å². The number of carbonyl (C=O) groups excluding carboxylic acids is 2. The number of carbonyl (C=O) groups is 2. The van der Waals surface area contributed by atoms with Gasteiger partial charge >= 0.3 is 0 Å². The minimum atomic E-state index is -0.778. The third kappa shape index (κ3) is 1.61. The minimum absolute atomic E-state index is 0.00865. The van der Waals surface area contributed by atoms with Gasteiger partial charge in [-0.15, -0.1) is 0 Å². The largest absolute Gasteiger partial charge is 0.385 e. The van der Waals surface area contributed by atoms with Crippen LogP contribution in [0, 0.1) is 22.7 Å². The molecule has 2 unspecified atom stereocenters. The Balaban J connectivity index is 1.79. The molecule has 118 valence electrons. The van der Waals surface area contributed by atoms with Gasteiger partial charge in [0.05, 0.1) is 5.41 Å². The van der Waals surface area contributed by atoms with E-state index in [4.69, 9.17) is 0 Å². The van der Waals surface area contributed by atoms with Gasteiger partial charge in [-0.25, -0.2) is 0 Å². The lowest BCUT2D eigenvalue weighted by Gasteiger charge is -2.55. The first-order chi connectivity index (χ1) is 10.4. The van der Waals surface area contributed by atoms with Crippen molar-refractivity contribution in [3.8, 4) is 0 Å². The fourth-order valence-electron chi connectivity index (χ4n) is 5.75. The van der Waals surface area contributed by atoms with Crippen LogP contribution in [0.25, 0.3) is 0 Å². The third-order valence-electron chi connectivity index (χ3n) is 7.23. The SMILES string of the molecule is C[C@]12CC[C@H]3C(=C1C=CC2=O)CCC1C(O)C(=O)CC[C@@]13C. The molecule has 4 rings (SSSR count). The summed E-state index contributed by atoms with van der Waals surface area (Å²) in [5.41, 5.74) is 2.39. The molecule has 0 radical (unpaired) electrons. The zero-order chi connectivity index (χ0) is 15.7. The standard InChI is InChI=1S/C19H24O3/c1-18-10-8-15(20)17(22)14(18)4-3-11-12-5-6-16(21)19(12,2)9-7-13(11)18/h5-6,13-14,17,22H,3-4,7-10H2,1-2H3/t13-,14?,17?,18+,19-/m0/s1. The quantitative estimate of drug-likeness (QED) is 0.748. The maximum absolute atomic E-state index is 12.3. The molecule has 4 aliphatic rings. The summed E-state index contributed by atoms with van der Waals surface area (Å²) in [6.07, 6.45) is 8.10. The average molecular weight is 300 g/mol. The second-order valence-corrected chi connectivity index (χ2v) is 8.12. The van der Waals surface area contributed by atoms with Crippen molar-refractivity contribution in [2.75, 3.05) is 0 Å². The number of aliphatic hydroxyl groups is 1. The third-order valence-corrected chi connectivity index (χ3v) is 7.23. The van der Waals surface area contributed by atoms with Crippen LogP contribution in [0.4, 0.5) is 0 Å². The normalized spacial score (nSPS) is 47.3. The predicted octanol–water partition coefficient (Wildman–Crippen LogP) is 2.98. The van der Waals surface area contributed by atoms with E-state index in [1.807, 2.05) is 6.08 Å². The monoisotopic (exact) mass is 300 g/mol. The molecule has 0 aromatic carbocycles. The van der Waals surface area contributed by atoms with E-state index in [9.17, 15) is 14.7 Å². The summed E-state index contributed by atoms with van der Waals surface area (Å²) < 4.78 is 0. The average Bonchev–Trinajstić information content (AvgIpc) is 2.79. The second-order valence-electron chi connectivity index (χ2n) is 8.12. The van der Waals surface area contributed by atoms with Crippen molar-refractivity contribution in [3.63, 3.8) is 0 Å². The lowest BCUT2D eigenvalue weighted by atomic mass is 9.49. The van der Waals surface area contributed by atoms with E-state index in [-0.39, 0.29) is 28.3 Å². The molecule has 0 saturated heterocycles. The number of hydrogen-bond acceptors (Lipinski definition) is 3. The molecule has 0 spiro atoms. The van der Waals surface area contributed by atoms with Crippen molar-refractivity contribution >= 4 is 11.6 Å². The Morgan fingerprint density at radius 3 is 2.64 bits per heavy atom. The number of rotatable bonds is 0. The summed E-state index contributed by atoms with van der Waals surface area (Å²) in [5.74, 6) is 0.788. The highest BCUT2D eigenvalue weighted by Crippen LogP contribution is 2.61. The second kappa shape index (κ2) is 4.41. The molecule has 0 aromatic heterocycles. The van der Waals surface area contributed by atoms with E-state index in [0.717, 1.165) is 32.1 Å². The highest BCUT2D eigenvalue weighted by Gasteiger charge is 2.56. The molecule has 0 aliphatic heterocycles. The van der Waals surface area contributed by atoms with Crippen LogP contribution in [0.2, 0.25) is 0 Å². The van der Waals surface area contributed by atoms with Crippen molar-refractivity contribution in [2.24, 2.45) is 22.7 Å². The van der Waals surface area contributed by atoms with Gasteiger partial charge in [0.15, 0.2) is 11.6 Å². The van der Waals surface area contributed by atoms with Gasteiger partial charge in [-0.3, -0.25) is 9.59 Å². The Labute approximate surface area is 131 Å². The zero-order valence-electron chi connectivity index (χ0n) is 13.4. The summed E-state index contributed by atoms with van der Waals surface area (Å²) in [4.78, 5) is 24.2. The Bertz CT molecular complexity index is 629. The molecule has 2 saturated carbocycles. The van der Waals surface area contributed by atoms with Crippen LogP contribution in [0.1, 0.15) is 52.4 Å². The van der Waals surface area contributed by atoms with Gasteiger partial charge in [0, 0.05) is 6.42 Å². The van der Waals surface area contributed by atoms with Gasteiger partial charge in [-0.1, -0.05) is 18.6 Å². The maximum Gasteiger partial charge on any atom is 0.165 e. The molecular weight excluding hydrogens is 276 g/mol. The number of fused-ring (bicyclic) bond motifs is 4. The van der Waals surface area contributed by atoms with Crippen LogP contribution in [-0.2, 0) is 9.59 Å². The van der Waals surface area contributed by atoms with Crippen LogP contribution >= 0.6 is 0 Å².